The molecule has 0 saturated heterocycles. The maximum Gasteiger partial charge on any atom is 0.336 e. The molecule has 12 nitrogen and oxygen atoms in total. The smallest absolute Gasteiger partial charge is 0.336 e. The number of fused-ring (bicyclic) bond motifs is 2. The van der Waals surface area contributed by atoms with Gasteiger partial charge in [-0.05, 0) is 35.4 Å². The highest BCUT2D eigenvalue weighted by Crippen LogP contribution is 2.24. The van der Waals surface area contributed by atoms with Crippen molar-refractivity contribution in [2.45, 2.75) is 25.7 Å². The molecule has 0 spiro atoms. The Morgan fingerprint density at radius 3 is 1.57 bits per heavy atom. The number of ether oxygens (including phenoxy) is 2. The summed E-state index contributed by atoms with van der Waals surface area (Å²) in [4.78, 5) is 64.8. The van der Waals surface area contributed by atoms with E-state index in [1.807, 2.05) is 44.1 Å². The van der Waals surface area contributed by atoms with E-state index in [1.54, 1.807) is 30.3 Å². The highest BCUT2D eigenvalue weighted by Gasteiger charge is 2.18. The zero-order chi connectivity index (χ0) is 30.6. The Kier molecular flexibility index (Phi) is 8.84. The zero-order valence-electron chi connectivity index (χ0n) is 23.5. The predicted molar refractivity (Wildman–Crippen MR) is 155 cm³/mol. The summed E-state index contributed by atoms with van der Waals surface area (Å²) in [5.74, 6) is -3.12. The molecule has 2 aromatic carbocycles. The number of hydrogen-bond donors (Lipinski definition) is 1. The predicted octanol–water partition coefficient (Wildman–Crippen LogP) is 3.19. The summed E-state index contributed by atoms with van der Waals surface area (Å²) in [6, 6.07) is 12.7. The summed E-state index contributed by atoms with van der Waals surface area (Å²) in [5, 5.41) is 8.99. The van der Waals surface area contributed by atoms with Gasteiger partial charge < -0.3 is 28.1 Å². The lowest BCUT2D eigenvalue weighted by atomic mass is 10.1. The van der Waals surface area contributed by atoms with Crippen LogP contribution in [0, 0.1) is 5.41 Å². The van der Waals surface area contributed by atoms with Crippen LogP contribution in [-0.2, 0) is 36.7 Å². The average molecular weight is 576 g/mol. The first-order valence-corrected chi connectivity index (χ1v) is 12.9. The highest BCUT2D eigenvalue weighted by molar-refractivity contribution is 5.94. The normalized spacial score (nSPS) is 10.9. The Hall–Kier alpha value is -5.26. The number of carbonyl (C=O) groups excluding carboxylic acids is 3. The zero-order valence-corrected chi connectivity index (χ0v) is 23.5. The van der Waals surface area contributed by atoms with Crippen LogP contribution in [0.25, 0.3) is 21.9 Å². The largest absolute Gasteiger partial charge is 0.423 e. The molecule has 0 aliphatic heterocycles. The van der Waals surface area contributed by atoms with Gasteiger partial charge in [0.1, 0.15) is 11.2 Å². The van der Waals surface area contributed by atoms with Crippen LogP contribution in [0.15, 0.2) is 67.0 Å². The second-order valence-corrected chi connectivity index (χ2v) is 9.93. The molecule has 0 radical (unpaired) electrons. The minimum absolute atomic E-state index is 0.292. The lowest BCUT2D eigenvalue weighted by molar-refractivity contribution is -0.159. The number of benzene rings is 2. The van der Waals surface area contributed by atoms with Gasteiger partial charge in [0.15, 0.2) is 5.90 Å². The van der Waals surface area contributed by atoms with Crippen molar-refractivity contribution in [3.05, 3.63) is 80.5 Å². The molecule has 0 bridgehead atoms. The van der Waals surface area contributed by atoms with E-state index in [2.05, 4.69) is 0 Å². The van der Waals surface area contributed by atoms with E-state index >= 15 is 0 Å². The first-order chi connectivity index (χ1) is 19.9. The standard InChI is InChI=1S/C30H29N3O9/c1-32(2)19-5-7-21-17(11-27(35)39-23(21)15-19)13-29(37)41-25(31)9-10-26(34)42-30(38)14-18-12-28(36)40-24-16-20(33(3)4)6-8-22(18)24/h5-8,11-12,15-16,31H,9-10,13-14H2,1-4H3. The van der Waals surface area contributed by atoms with Crippen molar-refractivity contribution in [2.24, 2.45) is 0 Å². The van der Waals surface area contributed by atoms with E-state index in [0.29, 0.717) is 33.1 Å². The fraction of sp³-hybridized carbons (Fsp3) is 0.267. The average Bonchev–Trinajstić information content (AvgIpc) is 2.90. The van der Waals surface area contributed by atoms with Crippen LogP contribution in [-0.4, -0.2) is 52.0 Å². The number of nitrogens with one attached hydrogen (secondary N) is 1. The van der Waals surface area contributed by atoms with Crippen LogP contribution in [0.4, 0.5) is 11.4 Å². The maximum atomic E-state index is 12.5. The molecule has 0 unspecified atom stereocenters. The molecule has 0 fully saturated rings. The summed E-state index contributed by atoms with van der Waals surface area (Å²) < 4.78 is 20.3. The second kappa shape index (κ2) is 12.5. The van der Waals surface area contributed by atoms with E-state index in [-0.39, 0.29) is 19.3 Å². The van der Waals surface area contributed by atoms with E-state index in [0.717, 1.165) is 11.4 Å². The van der Waals surface area contributed by atoms with Crippen molar-refractivity contribution >= 4 is 57.1 Å². The quantitative estimate of drug-likeness (QED) is 0.103. The summed E-state index contributed by atoms with van der Waals surface area (Å²) in [6.45, 7) is 0. The third-order valence-corrected chi connectivity index (χ3v) is 6.35. The molecule has 4 rings (SSSR count). The van der Waals surface area contributed by atoms with E-state index in [1.165, 1.54) is 12.1 Å². The van der Waals surface area contributed by atoms with Crippen molar-refractivity contribution in [1.82, 2.24) is 0 Å². The number of anilines is 2. The molecule has 1 N–H and O–H groups in total. The molecule has 0 amide bonds. The Morgan fingerprint density at radius 2 is 1.12 bits per heavy atom. The van der Waals surface area contributed by atoms with Gasteiger partial charge in [-0.3, -0.25) is 19.8 Å². The number of rotatable bonds is 9. The van der Waals surface area contributed by atoms with Crippen LogP contribution in [0.1, 0.15) is 24.0 Å². The van der Waals surface area contributed by atoms with Crippen LogP contribution >= 0.6 is 0 Å². The van der Waals surface area contributed by atoms with Crippen molar-refractivity contribution < 1.29 is 32.7 Å². The topological polar surface area (TPSA) is 160 Å². The number of nitrogens with zero attached hydrogens (tertiary/aromatic N) is 2. The molecule has 4 aromatic rings. The van der Waals surface area contributed by atoms with Gasteiger partial charge in [0.2, 0.25) is 0 Å². The molecule has 12 heteroatoms. The number of carbonyl (C=O) groups is 3. The summed E-state index contributed by atoms with van der Waals surface area (Å²) in [6.07, 6.45) is -1.35. The maximum absolute atomic E-state index is 12.5. The van der Waals surface area contributed by atoms with Gasteiger partial charge in [-0.15, -0.1) is 0 Å². The fourth-order valence-electron chi connectivity index (χ4n) is 4.25. The number of hydrogen-bond acceptors (Lipinski definition) is 12. The van der Waals surface area contributed by atoms with Gasteiger partial charge in [0.25, 0.3) is 0 Å². The lowest BCUT2D eigenvalue weighted by Gasteiger charge is -2.13. The van der Waals surface area contributed by atoms with Crippen molar-refractivity contribution in [1.29, 1.82) is 5.41 Å². The van der Waals surface area contributed by atoms with Crippen LogP contribution in [0.2, 0.25) is 0 Å². The molecule has 0 aliphatic carbocycles. The van der Waals surface area contributed by atoms with E-state index in [4.69, 9.17) is 23.7 Å². The molecular weight excluding hydrogens is 546 g/mol. The summed E-state index contributed by atoms with van der Waals surface area (Å²) in [7, 11) is 7.34. The Labute approximate surface area is 239 Å². The lowest BCUT2D eigenvalue weighted by Crippen LogP contribution is -2.19. The minimum atomic E-state index is -0.925. The Bertz CT molecular complexity index is 1690. The van der Waals surface area contributed by atoms with E-state index in [9.17, 15) is 24.0 Å². The molecule has 0 aliphatic rings. The van der Waals surface area contributed by atoms with Gasteiger partial charge in [-0.2, -0.15) is 0 Å². The molecule has 218 valence electrons. The fourth-order valence-corrected chi connectivity index (χ4v) is 4.25. The van der Waals surface area contributed by atoms with Crippen LogP contribution in [0.3, 0.4) is 0 Å². The first-order valence-electron chi connectivity index (χ1n) is 12.9. The van der Waals surface area contributed by atoms with Crippen molar-refractivity contribution in [3.63, 3.8) is 0 Å². The Balaban J connectivity index is 1.31. The first kappa shape index (κ1) is 29.7. The molecule has 42 heavy (non-hydrogen) atoms. The van der Waals surface area contributed by atoms with Gasteiger partial charge in [0.05, 0.1) is 19.3 Å². The molecule has 0 saturated carbocycles. The molecule has 0 atom stereocenters. The number of esters is 3. The third-order valence-electron chi connectivity index (χ3n) is 6.35. The van der Waals surface area contributed by atoms with Crippen molar-refractivity contribution in [2.75, 3.05) is 38.0 Å². The Morgan fingerprint density at radius 1 is 0.667 bits per heavy atom. The monoisotopic (exact) mass is 575 g/mol. The van der Waals surface area contributed by atoms with Gasteiger partial charge in [0, 0.05) is 81.0 Å². The summed E-state index contributed by atoms with van der Waals surface area (Å²) in [5.41, 5.74) is 1.63. The molecule has 2 aromatic heterocycles. The van der Waals surface area contributed by atoms with Gasteiger partial charge >= 0.3 is 29.2 Å². The summed E-state index contributed by atoms with van der Waals surface area (Å²) >= 11 is 0. The van der Waals surface area contributed by atoms with Crippen LogP contribution in [0.5, 0.6) is 0 Å². The van der Waals surface area contributed by atoms with Gasteiger partial charge in [-0.25, -0.2) is 9.59 Å². The van der Waals surface area contributed by atoms with Crippen molar-refractivity contribution in [3.8, 4) is 0 Å². The van der Waals surface area contributed by atoms with E-state index < -0.39 is 41.5 Å². The van der Waals surface area contributed by atoms with Gasteiger partial charge in [-0.1, -0.05) is 0 Å². The molecular formula is C30H29N3O9. The SMILES string of the molecule is CN(C)c1ccc2c(CC(=O)OC(=N)CCC(=O)OC(=O)Cc3cc(=O)oc4cc(N(C)C)ccc34)cc(=O)oc2c1. The highest BCUT2D eigenvalue weighted by atomic mass is 16.6. The van der Waals surface area contributed by atoms with Crippen LogP contribution < -0.4 is 21.1 Å². The third kappa shape index (κ3) is 7.27. The minimum Gasteiger partial charge on any atom is -0.423 e. The second-order valence-electron chi connectivity index (χ2n) is 9.93. The molecule has 2 heterocycles.